The lowest BCUT2D eigenvalue weighted by Crippen LogP contribution is -2.48. The Kier molecular flexibility index (Phi) is 5.67. The molecule has 0 radical (unpaired) electrons. The summed E-state index contributed by atoms with van der Waals surface area (Å²) in [5.74, 6) is 3.36. The van der Waals surface area contributed by atoms with Gasteiger partial charge in [0.15, 0.2) is 17.3 Å². The van der Waals surface area contributed by atoms with Crippen molar-refractivity contribution in [2.45, 2.75) is 45.6 Å². The van der Waals surface area contributed by atoms with Gasteiger partial charge in [0.05, 0.1) is 39.7 Å². The predicted octanol–water partition coefficient (Wildman–Crippen LogP) is 4.61. The second-order valence-corrected chi connectivity index (χ2v) is 9.65. The van der Waals surface area contributed by atoms with Crippen LogP contribution in [0.25, 0.3) is 0 Å². The van der Waals surface area contributed by atoms with E-state index in [9.17, 15) is 4.79 Å². The van der Waals surface area contributed by atoms with E-state index in [2.05, 4.69) is 46.2 Å². The molecule has 2 aliphatic heterocycles. The van der Waals surface area contributed by atoms with Crippen LogP contribution in [0.5, 0.6) is 17.2 Å². The van der Waals surface area contributed by atoms with E-state index in [4.69, 9.17) is 14.2 Å². The molecule has 0 unspecified atom stereocenters. The number of quaternary nitrogens is 1. The Labute approximate surface area is 179 Å². The molecule has 2 heterocycles. The van der Waals surface area contributed by atoms with E-state index in [1.54, 1.807) is 7.11 Å². The molecule has 4 rings (SSSR count). The zero-order valence-corrected chi connectivity index (χ0v) is 18.9. The smallest absolute Gasteiger partial charge is 0.231 e. The molecule has 30 heavy (non-hydrogen) atoms. The van der Waals surface area contributed by atoms with Gasteiger partial charge in [-0.3, -0.25) is 4.79 Å². The molecule has 0 saturated carbocycles. The van der Waals surface area contributed by atoms with Gasteiger partial charge in [-0.05, 0) is 49.3 Å². The Hall–Kier alpha value is -2.27. The Balaban J connectivity index is 1.60. The summed E-state index contributed by atoms with van der Waals surface area (Å²) >= 11 is 0. The van der Waals surface area contributed by atoms with E-state index in [1.165, 1.54) is 11.1 Å². The molecule has 1 aromatic carbocycles. The third-order valence-electron chi connectivity index (χ3n) is 7.12. The number of nitrogens with zero attached hydrogens (tertiary/aromatic N) is 1. The number of ether oxygens (including phenoxy) is 3. The maximum atomic E-state index is 13.0. The fourth-order valence-electron chi connectivity index (χ4n) is 5.19. The van der Waals surface area contributed by atoms with Crippen molar-refractivity contribution < 1.29 is 23.5 Å². The van der Waals surface area contributed by atoms with Crippen LogP contribution in [-0.2, 0) is 11.2 Å². The predicted molar refractivity (Wildman–Crippen MR) is 117 cm³/mol. The zero-order chi connectivity index (χ0) is 21.5. The first-order chi connectivity index (χ1) is 14.3. The number of ketones is 1. The average molecular weight is 413 g/mol. The second kappa shape index (κ2) is 8.10. The van der Waals surface area contributed by atoms with Crippen molar-refractivity contribution in [2.75, 3.05) is 34.5 Å². The molecule has 0 fully saturated rings. The quantitative estimate of drug-likeness (QED) is 0.403. The highest BCUT2D eigenvalue weighted by Crippen LogP contribution is 2.51. The fourth-order valence-corrected chi connectivity index (χ4v) is 5.19. The van der Waals surface area contributed by atoms with Gasteiger partial charge in [-0.2, -0.15) is 0 Å². The molecule has 1 aromatic rings. The lowest BCUT2D eigenvalue weighted by Gasteiger charge is -2.43. The minimum Gasteiger partial charge on any atom is -0.492 e. The number of hydrogen-bond acceptors (Lipinski definition) is 4. The first kappa shape index (κ1) is 21.0. The summed E-state index contributed by atoms with van der Waals surface area (Å²) in [6, 6.07) is 2.10. The lowest BCUT2D eigenvalue weighted by molar-refractivity contribution is -0.922. The molecule has 0 bridgehead atoms. The number of carbonyl (C=O) groups excluding carboxylic acids is 1. The van der Waals surface area contributed by atoms with E-state index in [0.29, 0.717) is 24.0 Å². The normalized spacial score (nSPS) is 27.0. The summed E-state index contributed by atoms with van der Waals surface area (Å²) < 4.78 is 17.8. The van der Waals surface area contributed by atoms with Crippen molar-refractivity contribution in [3.63, 3.8) is 0 Å². The van der Waals surface area contributed by atoms with Crippen LogP contribution in [0.2, 0.25) is 0 Å². The monoisotopic (exact) mass is 412 g/mol. The number of allylic oxidation sites excluding steroid dienone is 4. The van der Waals surface area contributed by atoms with Gasteiger partial charge in [0.25, 0.3) is 0 Å². The van der Waals surface area contributed by atoms with E-state index < -0.39 is 0 Å². The van der Waals surface area contributed by atoms with E-state index >= 15 is 0 Å². The van der Waals surface area contributed by atoms with Crippen molar-refractivity contribution in [2.24, 2.45) is 11.8 Å². The molecule has 5 heteroatoms. The van der Waals surface area contributed by atoms with Crippen molar-refractivity contribution in [1.82, 2.24) is 0 Å². The molecule has 1 aliphatic carbocycles. The maximum absolute atomic E-state index is 13.0. The van der Waals surface area contributed by atoms with Gasteiger partial charge in [-0.1, -0.05) is 24.6 Å². The standard InChI is InChI=1S/C25H34NO4/c1-16-6-7-18(17(2)12-16)8-9-20(27)14-21-23-19(10-11-26(21,3)4)13-22-24(25(23)28-5)30-15-29-22/h6,8-9,13,17-18,21H,7,10-12,14-15H2,1-5H3/q+1/b9-8+/t17-,18+,21-/m1/s1. The SMILES string of the molecule is COc1c2c(cc3c1[C@@H](CC(=O)/C=C/[C@@H]1CC=C(C)C[C@H]1C)[N+](C)(C)CC3)OCO2. The first-order valence-electron chi connectivity index (χ1n) is 11.0. The summed E-state index contributed by atoms with van der Waals surface area (Å²) in [7, 11) is 6.07. The number of likely N-dealkylation sites (N-methyl/N-ethyl adjacent to an activating group) is 1. The van der Waals surface area contributed by atoms with Gasteiger partial charge in [-0.15, -0.1) is 0 Å². The minimum absolute atomic E-state index is 0.0290. The molecule has 3 atom stereocenters. The number of methoxy groups -OCH3 is 1. The van der Waals surface area contributed by atoms with Crippen LogP contribution in [0.15, 0.2) is 29.9 Å². The molecule has 3 aliphatic rings. The van der Waals surface area contributed by atoms with E-state index in [1.807, 2.05) is 6.08 Å². The number of benzene rings is 1. The number of hydrogen-bond donors (Lipinski definition) is 0. The molecular formula is C25H34NO4+. The van der Waals surface area contributed by atoms with Gasteiger partial charge in [-0.25, -0.2) is 0 Å². The summed E-state index contributed by atoms with van der Waals surface area (Å²) in [5.41, 5.74) is 3.77. The second-order valence-electron chi connectivity index (χ2n) is 9.65. The molecular weight excluding hydrogens is 378 g/mol. The van der Waals surface area contributed by atoms with Crippen LogP contribution in [0, 0.1) is 11.8 Å². The molecule has 162 valence electrons. The van der Waals surface area contributed by atoms with E-state index in [-0.39, 0.29) is 18.6 Å². The first-order valence-corrected chi connectivity index (χ1v) is 11.0. The van der Waals surface area contributed by atoms with Gasteiger partial charge >= 0.3 is 0 Å². The number of fused-ring (bicyclic) bond motifs is 2. The molecule has 0 aromatic heterocycles. The fraction of sp³-hybridized carbons (Fsp3) is 0.560. The summed E-state index contributed by atoms with van der Waals surface area (Å²) in [6.07, 6.45) is 9.81. The third-order valence-corrected chi connectivity index (χ3v) is 7.12. The average Bonchev–Trinajstić information content (AvgIpc) is 3.16. The van der Waals surface area contributed by atoms with Gasteiger partial charge < -0.3 is 18.7 Å². The molecule has 5 nitrogen and oxygen atoms in total. The molecule has 0 N–H and O–H groups in total. The van der Waals surface area contributed by atoms with Crippen molar-refractivity contribution >= 4 is 5.78 Å². The summed E-state index contributed by atoms with van der Waals surface area (Å²) in [4.78, 5) is 13.0. The number of carbonyl (C=O) groups is 1. The van der Waals surface area contributed by atoms with Crippen LogP contribution in [0.4, 0.5) is 0 Å². The Bertz CT molecular complexity index is 899. The topological polar surface area (TPSA) is 44.8 Å². The van der Waals surface area contributed by atoms with Gasteiger partial charge in [0, 0.05) is 6.42 Å². The highest BCUT2D eigenvalue weighted by atomic mass is 16.7. The van der Waals surface area contributed by atoms with Crippen LogP contribution in [-0.4, -0.2) is 44.8 Å². The third kappa shape index (κ3) is 3.87. The molecule has 0 amide bonds. The lowest BCUT2D eigenvalue weighted by atomic mass is 9.80. The van der Waals surface area contributed by atoms with Crippen LogP contribution < -0.4 is 14.2 Å². The number of rotatable bonds is 5. The Morgan fingerprint density at radius 1 is 1.33 bits per heavy atom. The van der Waals surface area contributed by atoms with Crippen LogP contribution in [0.1, 0.15) is 50.3 Å². The summed E-state index contributed by atoms with van der Waals surface area (Å²) in [6.45, 7) is 5.66. The van der Waals surface area contributed by atoms with Crippen molar-refractivity contribution in [1.29, 1.82) is 0 Å². The van der Waals surface area contributed by atoms with Crippen LogP contribution >= 0.6 is 0 Å². The Morgan fingerprint density at radius 2 is 2.13 bits per heavy atom. The van der Waals surface area contributed by atoms with E-state index in [0.717, 1.165) is 47.4 Å². The Morgan fingerprint density at radius 3 is 2.87 bits per heavy atom. The summed E-state index contributed by atoms with van der Waals surface area (Å²) in [5, 5.41) is 0. The van der Waals surface area contributed by atoms with Crippen molar-refractivity contribution in [3.8, 4) is 17.2 Å². The maximum Gasteiger partial charge on any atom is 0.231 e. The van der Waals surface area contributed by atoms with Gasteiger partial charge in [0.2, 0.25) is 12.5 Å². The van der Waals surface area contributed by atoms with Gasteiger partial charge in [0.1, 0.15) is 6.04 Å². The molecule has 0 spiro atoms. The minimum atomic E-state index is 0.0290. The highest BCUT2D eigenvalue weighted by molar-refractivity contribution is 5.90. The highest BCUT2D eigenvalue weighted by Gasteiger charge is 2.42. The largest absolute Gasteiger partial charge is 0.492 e. The van der Waals surface area contributed by atoms with Crippen LogP contribution in [0.3, 0.4) is 0 Å². The van der Waals surface area contributed by atoms with Crippen molar-refractivity contribution in [3.05, 3.63) is 41.0 Å². The zero-order valence-electron chi connectivity index (χ0n) is 18.9. The molecule has 0 saturated heterocycles.